The lowest BCUT2D eigenvalue weighted by molar-refractivity contribution is 0.0988. The van der Waals surface area contributed by atoms with Gasteiger partial charge in [-0.25, -0.2) is 0 Å². The molecule has 2 aromatic rings. The smallest absolute Gasteiger partial charge is 0.162 e. The fourth-order valence-electron chi connectivity index (χ4n) is 2.48. The number of hydrogen-bond donors (Lipinski definition) is 0. The predicted octanol–water partition coefficient (Wildman–Crippen LogP) is 3.88. The number of benzene rings is 2. The van der Waals surface area contributed by atoms with Crippen LogP contribution in [0.15, 0.2) is 42.5 Å². The molecule has 0 spiro atoms. The van der Waals surface area contributed by atoms with Crippen LogP contribution in [0, 0.1) is 0 Å². The van der Waals surface area contributed by atoms with Gasteiger partial charge in [0.25, 0.3) is 0 Å². The molecule has 1 aliphatic heterocycles. The van der Waals surface area contributed by atoms with E-state index in [4.69, 9.17) is 4.74 Å². The minimum atomic E-state index is 0.182. The summed E-state index contributed by atoms with van der Waals surface area (Å²) in [6.45, 7) is 2.65. The number of hydrogen-bond acceptors (Lipinski definition) is 2. The van der Waals surface area contributed by atoms with E-state index < -0.39 is 0 Å². The van der Waals surface area contributed by atoms with E-state index in [2.05, 4.69) is 18.2 Å². The zero-order valence-electron chi connectivity index (χ0n) is 11.0. The van der Waals surface area contributed by atoms with Gasteiger partial charge in [-0.3, -0.25) is 4.79 Å². The van der Waals surface area contributed by atoms with Crippen molar-refractivity contribution in [2.45, 2.75) is 19.8 Å². The van der Waals surface area contributed by atoms with Crippen LogP contribution in [-0.2, 0) is 6.42 Å². The van der Waals surface area contributed by atoms with Crippen molar-refractivity contribution in [3.05, 3.63) is 53.6 Å². The Hall–Kier alpha value is -2.09. The Balaban J connectivity index is 1.99. The molecule has 0 aliphatic carbocycles. The third-order valence-electron chi connectivity index (χ3n) is 3.55. The lowest BCUT2D eigenvalue weighted by Gasteiger charge is -2.08. The number of rotatable bonds is 3. The summed E-state index contributed by atoms with van der Waals surface area (Å²) in [4.78, 5) is 11.6. The maximum Gasteiger partial charge on any atom is 0.162 e. The van der Waals surface area contributed by atoms with Gasteiger partial charge in [0.1, 0.15) is 5.75 Å². The molecule has 0 atom stereocenters. The highest BCUT2D eigenvalue weighted by Gasteiger charge is 2.16. The molecule has 0 bridgehead atoms. The molecule has 3 rings (SSSR count). The number of Topliss-reactive ketones (excluding diaryl/α,β-unsaturated/α-hetero) is 1. The summed E-state index contributed by atoms with van der Waals surface area (Å²) in [5.74, 6) is 1.18. The lowest BCUT2D eigenvalue weighted by atomic mass is 9.99. The molecular weight excluding hydrogens is 236 g/mol. The van der Waals surface area contributed by atoms with Crippen molar-refractivity contribution in [2.75, 3.05) is 6.61 Å². The van der Waals surface area contributed by atoms with E-state index >= 15 is 0 Å². The number of fused-ring (bicyclic) bond motifs is 1. The summed E-state index contributed by atoms with van der Waals surface area (Å²) in [6.07, 6.45) is 1.53. The molecule has 1 aliphatic rings. The number of ether oxygens (including phenoxy) is 1. The van der Waals surface area contributed by atoms with Crippen molar-refractivity contribution in [3.63, 3.8) is 0 Å². The van der Waals surface area contributed by atoms with Crippen LogP contribution in [0.5, 0.6) is 5.75 Å². The molecule has 2 heteroatoms. The SMILES string of the molecule is CCC(=O)c1ccc(-c2cccc3c2OCC3)cc1. The van der Waals surface area contributed by atoms with Gasteiger partial charge >= 0.3 is 0 Å². The van der Waals surface area contributed by atoms with Gasteiger partial charge in [0.05, 0.1) is 6.61 Å². The highest BCUT2D eigenvalue weighted by molar-refractivity contribution is 5.96. The number of ketones is 1. The molecule has 1 heterocycles. The maximum atomic E-state index is 11.6. The van der Waals surface area contributed by atoms with Crippen LogP contribution in [0.2, 0.25) is 0 Å². The largest absolute Gasteiger partial charge is 0.492 e. The van der Waals surface area contributed by atoms with Crippen molar-refractivity contribution in [2.24, 2.45) is 0 Å². The van der Waals surface area contributed by atoms with E-state index in [0.717, 1.165) is 35.5 Å². The molecule has 0 radical (unpaired) electrons. The topological polar surface area (TPSA) is 26.3 Å². The van der Waals surface area contributed by atoms with Gasteiger partial charge in [-0.1, -0.05) is 49.4 Å². The average Bonchev–Trinajstić information content (AvgIpc) is 2.95. The van der Waals surface area contributed by atoms with Crippen LogP contribution in [0.1, 0.15) is 29.3 Å². The third kappa shape index (κ3) is 2.14. The average molecular weight is 252 g/mol. The molecule has 0 fully saturated rings. The fourth-order valence-corrected chi connectivity index (χ4v) is 2.48. The molecule has 0 aromatic heterocycles. The second-order valence-electron chi connectivity index (χ2n) is 4.75. The number of carbonyl (C=O) groups is 1. The van der Waals surface area contributed by atoms with Crippen molar-refractivity contribution in [1.82, 2.24) is 0 Å². The monoisotopic (exact) mass is 252 g/mol. The first-order valence-electron chi connectivity index (χ1n) is 6.68. The summed E-state index contributed by atoms with van der Waals surface area (Å²) in [5.41, 5.74) is 4.27. The van der Waals surface area contributed by atoms with Crippen LogP contribution >= 0.6 is 0 Å². The van der Waals surface area contributed by atoms with Crippen molar-refractivity contribution in [3.8, 4) is 16.9 Å². The van der Waals surface area contributed by atoms with Crippen LogP contribution in [-0.4, -0.2) is 12.4 Å². The van der Waals surface area contributed by atoms with Gasteiger partial charge in [0, 0.05) is 24.0 Å². The second kappa shape index (κ2) is 4.88. The van der Waals surface area contributed by atoms with Crippen molar-refractivity contribution < 1.29 is 9.53 Å². The zero-order valence-corrected chi connectivity index (χ0v) is 11.0. The summed E-state index contributed by atoms with van der Waals surface area (Å²) >= 11 is 0. The van der Waals surface area contributed by atoms with Crippen molar-refractivity contribution in [1.29, 1.82) is 0 Å². The Labute approximate surface area is 113 Å². The molecule has 0 saturated heterocycles. The molecule has 0 N–H and O–H groups in total. The Morgan fingerprint density at radius 1 is 1.16 bits per heavy atom. The van der Waals surface area contributed by atoms with E-state index in [1.807, 2.05) is 31.2 Å². The van der Waals surface area contributed by atoms with Crippen LogP contribution in [0.4, 0.5) is 0 Å². The molecule has 2 aromatic carbocycles. The van der Waals surface area contributed by atoms with Gasteiger partial charge in [-0.2, -0.15) is 0 Å². The third-order valence-corrected chi connectivity index (χ3v) is 3.55. The second-order valence-corrected chi connectivity index (χ2v) is 4.75. The van der Waals surface area contributed by atoms with E-state index in [9.17, 15) is 4.79 Å². The highest BCUT2D eigenvalue weighted by Crippen LogP contribution is 2.36. The van der Waals surface area contributed by atoms with E-state index in [1.165, 1.54) is 5.56 Å². The van der Waals surface area contributed by atoms with Crippen LogP contribution in [0.3, 0.4) is 0 Å². The normalized spacial score (nSPS) is 12.9. The molecule has 19 heavy (non-hydrogen) atoms. The van der Waals surface area contributed by atoms with E-state index in [0.29, 0.717) is 6.42 Å². The van der Waals surface area contributed by atoms with Crippen molar-refractivity contribution >= 4 is 5.78 Å². The minimum absolute atomic E-state index is 0.182. The maximum absolute atomic E-state index is 11.6. The molecule has 0 unspecified atom stereocenters. The van der Waals surface area contributed by atoms with E-state index in [1.54, 1.807) is 0 Å². The minimum Gasteiger partial charge on any atom is -0.492 e. The van der Waals surface area contributed by atoms with E-state index in [-0.39, 0.29) is 5.78 Å². The quantitative estimate of drug-likeness (QED) is 0.775. The molecule has 2 nitrogen and oxygen atoms in total. The standard InChI is InChI=1S/C17H16O2/c1-2-16(18)13-8-6-12(7-9-13)15-5-3-4-14-10-11-19-17(14)15/h3-9H,2,10-11H2,1H3. The van der Waals surface area contributed by atoms with Gasteiger partial charge in [0.2, 0.25) is 0 Å². The van der Waals surface area contributed by atoms with Crippen LogP contribution < -0.4 is 4.74 Å². The summed E-state index contributed by atoms with van der Waals surface area (Å²) in [6, 6.07) is 14.0. The van der Waals surface area contributed by atoms with Gasteiger partial charge < -0.3 is 4.74 Å². The first kappa shape index (κ1) is 12.0. The lowest BCUT2D eigenvalue weighted by Crippen LogP contribution is -1.95. The first-order chi connectivity index (χ1) is 9.29. The molecular formula is C17H16O2. The summed E-state index contributed by atoms with van der Waals surface area (Å²) in [7, 11) is 0. The molecule has 0 amide bonds. The predicted molar refractivity (Wildman–Crippen MR) is 75.7 cm³/mol. The summed E-state index contributed by atoms with van der Waals surface area (Å²) < 4.78 is 5.72. The Kier molecular flexibility index (Phi) is 3.08. The number of para-hydroxylation sites is 1. The Morgan fingerprint density at radius 2 is 1.95 bits per heavy atom. The van der Waals surface area contributed by atoms with Gasteiger partial charge in [-0.05, 0) is 11.1 Å². The zero-order chi connectivity index (χ0) is 13.2. The van der Waals surface area contributed by atoms with Crippen LogP contribution in [0.25, 0.3) is 11.1 Å². The van der Waals surface area contributed by atoms with Gasteiger partial charge in [-0.15, -0.1) is 0 Å². The fraction of sp³-hybridized carbons (Fsp3) is 0.235. The van der Waals surface area contributed by atoms with Gasteiger partial charge in [0.15, 0.2) is 5.78 Å². The molecule has 96 valence electrons. The summed E-state index contributed by atoms with van der Waals surface area (Å²) in [5, 5.41) is 0. The Morgan fingerprint density at radius 3 is 2.68 bits per heavy atom. The first-order valence-corrected chi connectivity index (χ1v) is 6.68. The number of carbonyl (C=O) groups excluding carboxylic acids is 1. The highest BCUT2D eigenvalue weighted by atomic mass is 16.5. The molecule has 0 saturated carbocycles. The Bertz CT molecular complexity index is 612.